The van der Waals surface area contributed by atoms with Crippen LogP contribution in [0.4, 0.5) is 5.82 Å². The summed E-state index contributed by atoms with van der Waals surface area (Å²) in [6.45, 7) is 0.256. The third kappa shape index (κ3) is 2.96. The molecule has 102 valence electrons. The Hall–Kier alpha value is -1.38. The Morgan fingerprint density at radius 2 is 2.21 bits per heavy atom. The van der Waals surface area contributed by atoms with E-state index in [1.165, 1.54) is 17.5 Å². The molecule has 2 rings (SSSR count). The van der Waals surface area contributed by atoms with Crippen LogP contribution in [0, 0.1) is 0 Å². The van der Waals surface area contributed by atoms with Crippen LogP contribution in [0.15, 0.2) is 39.8 Å². The molecule has 0 fully saturated rings. The van der Waals surface area contributed by atoms with E-state index in [1.54, 1.807) is 0 Å². The Kier molecular flexibility index (Phi) is 3.93. The molecule has 8 heteroatoms. The number of H-pyrrole nitrogens is 1. The third-order valence-corrected chi connectivity index (χ3v) is 4.94. The van der Waals surface area contributed by atoms with Crippen molar-refractivity contribution in [1.82, 2.24) is 14.5 Å². The monoisotopic (exact) mass is 344 g/mol. The van der Waals surface area contributed by atoms with Gasteiger partial charge in [0.2, 0.25) is 10.0 Å². The van der Waals surface area contributed by atoms with Crippen LogP contribution in [0.3, 0.4) is 0 Å². The topological polar surface area (TPSA) is 92.1 Å². The molecule has 0 saturated heterocycles. The van der Waals surface area contributed by atoms with E-state index in [2.05, 4.69) is 26.1 Å². The summed E-state index contributed by atoms with van der Waals surface area (Å²) in [5, 5.41) is 6.05. The zero-order chi connectivity index (χ0) is 14.0. The number of nitrogens with two attached hydrogens (primary N) is 1. The Labute approximate surface area is 119 Å². The molecule has 0 atom stereocenters. The van der Waals surface area contributed by atoms with E-state index >= 15 is 0 Å². The lowest BCUT2D eigenvalue weighted by molar-refractivity contribution is 0.467. The van der Waals surface area contributed by atoms with Crippen molar-refractivity contribution in [3.05, 3.63) is 40.5 Å². The summed E-state index contributed by atoms with van der Waals surface area (Å²) in [5.41, 5.74) is 6.43. The maximum atomic E-state index is 12.3. The molecule has 0 aliphatic carbocycles. The second kappa shape index (κ2) is 5.32. The molecule has 0 bridgehead atoms. The number of hydrogen-bond acceptors (Lipinski definition) is 4. The van der Waals surface area contributed by atoms with Gasteiger partial charge in [-0.3, -0.25) is 5.10 Å². The summed E-state index contributed by atoms with van der Waals surface area (Å²) in [6.07, 6.45) is 1.21. The normalized spacial score (nSPS) is 11.9. The molecule has 0 spiro atoms. The highest BCUT2D eigenvalue weighted by atomic mass is 79.9. The van der Waals surface area contributed by atoms with Gasteiger partial charge in [-0.25, -0.2) is 8.42 Å². The second-order valence-electron chi connectivity index (χ2n) is 4.04. The van der Waals surface area contributed by atoms with Crippen LogP contribution < -0.4 is 5.73 Å². The van der Waals surface area contributed by atoms with E-state index in [9.17, 15) is 8.42 Å². The van der Waals surface area contributed by atoms with Crippen LogP contribution in [0.1, 0.15) is 5.56 Å². The number of nitrogens with zero attached hydrogens (tertiary/aromatic N) is 2. The van der Waals surface area contributed by atoms with Gasteiger partial charge in [0, 0.05) is 18.1 Å². The van der Waals surface area contributed by atoms with Crippen molar-refractivity contribution in [3.8, 4) is 0 Å². The molecule has 0 unspecified atom stereocenters. The molecule has 1 heterocycles. The van der Waals surface area contributed by atoms with Crippen LogP contribution in [-0.2, 0) is 16.6 Å². The maximum Gasteiger partial charge on any atom is 0.248 e. The standard InChI is InChI=1S/C11H13BrN4O2S/c1-16(7-8-3-2-4-9(12)5-8)19(17,18)10-6-14-15-11(10)13/h2-6H,7H2,1H3,(H3,13,14,15). The van der Waals surface area contributed by atoms with Crippen LogP contribution in [0.5, 0.6) is 0 Å². The molecule has 0 amide bonds. The minimum atomic E-state index is -3.64. The number of halogens is 1. The smallest absolute Gasteiger partial charge is 0.248 e. The van der Waals surface area contributed by atoms with Gasteiger partial charge in [-0.1, -0.05) is 28.1 Å². The summed E-state index contributed by atoms with van der Waals surface area (Å²) in [7, 11) is -2.14. The predicted molar refractivity (Wildman–Crippen MR) is 75.8 cm³/mol. The first-order valence-corrected chi connectivity index (χ1v) is 7.64. The number of aromatic nitrogens is 2. The van der Waals surface area contributed by atoms with Gasteiger partial charge < -0.3 is 5.73 Å². The van der Waals surface area contributed by atoms with Crippen molar-refractivity contribution < 1.29 is 8.42 Å². The number of rotatable bonds is 4. The number of nitrogen functional groups attached to an aromatic ring is 1. The van der Waals surface area contributed by atoms with Gasteiger partial charge in [0.05, 0.1) is 6.20 Å². The van der Waals surface area contributed by atoms with E-state index in [-0.39, 0.29) is 17.3 Å². The predicted octanol–water partition coefficient (Wildman–Crippen LogP) is 1.58. The van der Waals surface area contributed by atoms with Crippen molar-refractivity contribution >= 4 is 31.8 Å². The molecule has 2 aromatic rings. The molecule has 1 aromatic carbocycles. The summed E-state index contributed by atoms with van der Waals surface area (Å²) in [5.74, 6) is 0.0427. The quantitative estimate of drug-likeness (QED) is 0.880. The molecule has 0 aliphatic rings. The lowest BCUT2D eigenvalue weighted by Crippen LogP contribution is -2.26. The molecule has 3 N–H and O–H groups in total. The van der Waals surface area contributed by atoms with Crippen LogP contribution in [-0.4, -0.2) is 30.0 Å². The SMILES string of the molecule is CN(Cc1cccc(Br)c1)S(=O)(=O)c1cn[nH]c1N. The summed E-state index contributed by atoms with van der Waals surface area (Å²) in [4.78, 5) is -0.00926. The summed E-state index contributed by atoms with van der Waals surface area (Å²) in [6, 6.07) is 7.46. The van der Waals surface area contributed by atoms with E-state index in [0.717, 1.165) is 10.0 Å². The second-order valence-corrected chi connectivity index (χ2v) is 6.97. The first kappa shape index (κ1) is 14.0. The Bertz CT molecular complexity index is 684. The molecular formula is C11H13BrN4O2S. The van der Waals surface area contributed by atoms with Gasteiger partial charge in [-0.2, -0.15) is 9.40 Å². The van der Waals surface area contributed by atoms with Gasteiger partial charge in [-0.15, -0.1) is 0 Å². The Balaban J connectivity index is 2.25. The average Bonchev–Trinajstić information content (AvgIpc) is 2.76. The molecule has 0 radical (unpaired) electrons. The lowest BCUT2D eigenvalue weighted by atomic mass is 10.2. The van der Waals surface area contributed by atoms with Crippen molar-refractivity contribution in [2.45, 2.75) is 11.4 Å². The maximum absolute atomic E-state index is 12.3. The zero-order valence-corrected chi connectivity index (χ0v) is 12.6. The number of anilines is 1. The summed E-state index contributed by atoms with van der Waals surface area (Å²) < 4.78 is 26.7. The van der Waals surface area contributed by atoms with Gasteiger partial charge in [0.25, 0.3) is 0 Å². The molecule has 0 saturated carbocycles. The van der Waals surface area contributed by atoms with Crippen LogP contribution in [0.2, 0.25) is 0 Å². The molecule has 6 nitrogen and oxygen atoms in total. The van der Waals surface area contributed by atoms with E-state index < -0.39 is 10.0 Å². The Morgan fingerprint density at radius 1 is 1.47 bits per heavy atom. The van der Waals surface area contributed by atoms with E-state index in [4.69, 9.17) is 5.73 Å². The fraction of sp³-hybridized carbons (Fsp3) is 0.182. The van der Waals surface area contributed by atoms with Crippen molar-refractivity contribution in [2.24, 2.45) is 0 Å². The number of sulfonamides is 1. The van der Waals surface area contributed by atoms with Crippen molar-refractivity contribution in [3.63, 3.8) is 0 Å². The highest BCUT2D eigenvalue weighted by Crippen LogP contribution is 2.21. The average molecular weight is 345 g/mol. The first-order valence-electron chi connectivity index (χ1n) is 5.41. The molecule has 1 aromatic heterocycles. The number of benzene rings is 1. The van der Waals surface area contributed by atoms with E-state index in [0.29, 0.717) is 0 Å². The fourth-order valence-corrected chi connectivity index (χ4v) is 3.25. The lowest BCUT2D eigenvalue weighted by Gasteiger charge is -2.16. The third-order valence-electron chi connectivity index (χ3n) is 2.61. The Morgan fingerprint density at radius 3 is 2.79 bits per heavy atom. The largest absolute Gasteiger partial charge is 0.383 e. The van der Waals surface area contributed by atoms with Gasteiger partial charge in [0.1, 0.15) is 10.7 Å². The highest BCUT2D eigenvalue weighted by Gasteiger charge is 2.24. The fourth-order valence-electron chi connectivity index (χ4n) is 1.64. The minimum Gasteiger partial charge on any atom is -0.383 e. The molecular weight excluding hydrogens is 332 g/mol. The first-order chi connectivity index (χ1) is 8.91. The highest BCUT2D eigenvalue weighted by molar-refractivity contribution is 9.10. The number of aromatic amines is 1. The minimum absolute atomic E-state index is 0.00926. The van der Waals surface area contributed by atoms with Gasteiger partial charge >= 0.3 is 0 Å². The van der Waals surface area contributed by atoms with Gasteiger partial charge in [0.15, 0.2) is 0 Å². The van der Waals surface area contributed by atoms with Crippen LogP contribution in [0.25, 0.3) is 0 Å². The van der Waals surface area contributed by atoms with Crippen molar-refractivity contribution in [1.29, 1.82) is 0 Å². The number of nitrogens with one attached hydrogen (secondary N) is 1. The van der Waals surface area contributed by atoms with Gasteiger partial charge in [-0.05, 0) is 17.7 Å². The van der Waals surface area contributed by atoms with E-state index in [1.807, 2.05) is 24.3 Å². The molecule has 19 heavy (non-hydrogen) atoms. The molecule has 0 aliphatic heterocycles. The number of hydrogen-bond donors (Lipinski definition) is 2. The summed E-state index contributed by atoms with van der Waals surface area (Å²) >= 11 is 3.35. The van der Waals surface area contributed by atoms with Crippen molar-refractivity contribution in [2.75, 3.05) is 12.8 Å². The van der Waals surface area contributed by atoms with Crippen LogP contribution >= 0.6 is 15.9 Å². The zero-order valence-electron chi connectivity index (χ0n) is 10.2.